The number of aryl methyl sites for hydroxylation is 1. The van der Waals surface area contributed by atoms with Crippen LogP contribution in [0.3, 0.4) is 0 Å². The fourth-order valence-electron chi connectivity index (χ4n) is 2.17. The molecule has 21 heavy (non-hydrogen) atoms. The zero-order chi connectivity index (χ0) is 15.5. The van der Waals surface area contributed by atoms with Crippen LogP contribution in [0.2, 0.25) is 0 Å². The number of nitrogens with zero attached hydrogens (tertiary/aromatic N) is 2. The van der Waals surface area contributed by atoms with E-state index in [4.69, 9.17) is 4.42 Å². The summed E-state index contributed by atoms with van der Waals surface area (Å²) in [5, 5.41) is 3.02. The second-order valence-electron chi connectivity index (χ2n) is 4.82. The van der Waals surface area contributed by atoms with Crippen molar-refractivity contribution in [2.24, 2.45) is 7.05 Å². The summed E-state index contributed by atoms with van der Waals surface area (Å²) in [4.78, 5) is 0.309. The maximum absolute atomic E-state index is 12.7. The Morgan fingerprint density at radius 3 is 2.76 bits per heavy atom. The third-order valence-corrected chi connectivity index (χ3v) is 5.23. The zero-order valence-corrected chi connectivity index (χ0v) is 13.4. The van der Waals surface area contributed by atoms with Crippen LogP contribution in [0.5, 0.6) is 0 Å². The molecule has 0 fully saturated rings. The van der Waals surface area contributed by atoms with Gasteiger partial charge in [0.25, 0.3) is 0 Å². The van der Waals surface area contributed by atoms with Crippen LogP contribution in [0.4, 0.5) is 0 Å². The molecule has 2 heterocycles. The SMILES string of the molecule is CCN(Cc1ccco1)S(=O)(=O)c1cc(CNC)n(C)c1. The molecule has 0 spiro atoms. The van der Waals surface area contributed by atoms with E-state index in [2.05, 4.69) is 5.32 Å². The maximum Gasteiger partial charge on any atom is 0.244 e. The van der Waals surface area contributed by atoms with Gasteiger partial charge in [0.1, 0.15) is 10.7 Å². The Morgan fingerprint density at radius 1 is 1.43 bits per heavy atom. The van der Waals surface area contributed by atoms with Crippen LogP contribution < -0.4 is 5.32 Å². The number of furan rings is 1. The van der Waals surface area contributed by atoms with Gasteiger partial charge in [-0.1, -0.05) is 6.92 Å². The van der Waals surface area contributed by atoms with Crippen LogP contribution in [-0.2, 0) is 30.2 Å². The van der Waals surface area contributed by atoms with Gasteiger partial charge in [-0.15, -0.1) is 0 Å². The van der Waals surface area contributed by atoms with E-state index in [1.165, 1.54) is 4.31 Å². The van der Waals surface area contributed by atoms with Crippen LogP contribution >= 0.6 is 0 Å². The highest BCUT2D eigenvalue weighted by molar-refractivity contribution is 7.89. The van der Waals surface area contributed by atoms with E-state index >= 15 is 0 Å². The topological polar surface area (TPSA) is 67.5 Å². The number of rotatable bonds is 7. The summed E-state index contributed by atoms with van der Waals surface area (Å²) in [5.74, 6) is 0.631. The Hall–Kier alpha value is -1.57. The molecule has 0 unspecified atom stereocenters. The fraction of sp³-hybridized carbons (Fsp3) is 0.429. The molecule has 0 aliphatic rings. The van der Waals surface area contributed by atoms with Crippen molar-refractivity contribution in [1.82, 2.24) is 14.2 Å². The van der Waals surface area contributed by atoms with E-state index in [-0.39, 0.29) is 6.54 Å². The lowest BCUT2D eigenvalue weighted by atomic mass is 10.4. The molecule has 0 aromatic carbocycles. The van der Waals surface area contributed by atoms with Crippen LogP contribution in [0.15, 0.2) is 40.0 Å². The molecular formula is C14H21N3O3S. The minimum atomic E-state index is -3.52. The van der Waals surface area contributed by atoms with E-state index in [1.54, 1.807) is 30.7 Å². The normalized spacial score (nSPS) is 12.2. The Labute approximate surface area is 125 Å². The molecule has 2 rings (SSSR count). The molecule has 0 radical (unpaired) electrons. The minimum absolute atomic E-state index is 0.238. The van der Waals surface area contributed by atoms with Crippen LogP contribution in [0.1, 0.15) is 18.4 Å². The summed E-state index contributed by atoms with van der Waals surface area (Å²) in [6, 6.07) is 5.23. The third kappa shape index (κ3) is 3.37. The minimum Gasteiger partial charge on any atom is -0.468 e. The van der Waals surface area contributed by atoms with Gasteiger partial charge in [0.15, 0.2) is 0 Å². The summed E-state index contributed by atoms with van der Waals surface area (Å²) in [5.41, 5.74) is 0.921. The van der Waals surface area contributed by atoms with Gasteiger partial charge < -0.3 is 14.3 Å². The number of aromatic nitrogens is 1. The monoisotopic (exact) mass is 311 g/mol. The summed E-state index contributed by atoms with van der Waals surface area (Å²) in [7, 11) is 0.149. The quantitative estimate of drug-likeness (QED) is 0.842. The summed E-state index contributed by atoms with van der Waals surface area (Å²) < 4.78 is 33.9. The summed E-state index contributed by atoms with van der Waals surface area (Å²) in [6.45, 7) is 3.07. The smallest absolute Gasteiger partial charge is 0.244 e. The molecule has 2 aromatic heterocycles. The van der Waals surface area contributed by atoms with Gasteiger partial charge in [0, 0.05) is 32.0 Å². The molecule has 2 aromatic rings. The Bertz CT molecular complexity index is 674. The average molecular weight is 311 g/mol. The summed E-state index contributed by atoms with van der Waals surface area (Å²) >= 11 is 0. The Kier molecular flexibility index (Phi) is 4.87. The van der Waals surface area contributed by atoms with Crippen molar-refractivity contribution in [1.29, 1.82) is 0 Å². The fourth-order valence-corrected chi connectivity index (χ4v) is 3.68. The Balaban J connectivity index is 2.28. The highest BCUT2D eigenvalue weighted by atomic mass is 32.2. The van der Waals surface area contributed by atoms with E-state index < -0.39 is 10.0 Å². The Morgan fingerprint density at radius 2 is 2.19 bits per heavy atom. The first-order chi connectivity index (χ1) is 9.98. The lowest BCUT2D eigenvalue weighted by molar-refractivity contribution is 0.375. The van der Waals surface area contributed by atoms with Crippen LogP contribution in [-0.4, -0.2) is 30.9 Å². The molecule has 0 atom stereocenters. The average Bonchev–Trinajstić information content (AvgIpc) is 3.07. The predicted octanol–water partition coefficient (Wildman–Crippen LogP) is 1.55. The molecule has 7 heteroatoms. The van der Waals surface area contributed by atoms with Gasteiger partial charge in [0.2, 0.25) is 10.0 Å². The highest BCUT2D eigenvalue weighted by Gasteiger charge is 2.25. The van der Waals surface area contributed by atoms with Gasteiger partial charge in [-0.25, -0.2) is 8.42 Å². The molecule has 0 aliphatic carbocycles. The van der Waals surface area contributed by atoms with Crippen molar-refractivity contribution in [3.8, 4) is 0 Å². The summed E-state index contributed by atoms with van der Waals surface area (Å²) in [6.07, 6.45) is 3.19. The number of sulfonamides is 1. The van der Waals surface area contributed by atoms with Gasteiger partial charge in [-0.05, 0) is 25.2 Å². The molecule has 0 saturated heterocycles. The molecule has 6 nitrogen and oxygen atoms in total. The van der Waals surface area contributed by atoms with Gasteiger partial charge in [0.05, 0.1) is 12.8 Å². The largest absolute Gasteiger partial charge is 0.468 e. The van der Waals surface area contributed by atoms with Gasteiger partial charge in [-0.2, -0.15) is 4.31 Å². The van der Waals surface area contributed by atoms with Crippen molar-refractivity contribution < 1.29 is 12.8 Å². The number of nitrogens with one attached hydrogen (secondary N) is 1. The first kappa shape index (κ1) is 15.8. The predicted molar refractivity (Wildman–Crippen MR) is 80.2 cm³/mol. The van der Waals surface area contributed by atoms with Crippen molar-refractivity contribution in [3.63, 3.8) is 0 Å². The highest BCUT2D eigenvalue weighted by Crippen LogP contribution is 2.20. The molecule has 0 bridgehead atoms. The zero-order valence-electron chi connectivity index (χ0n) is 12.5. The second-order valence-corrected chi connectivity index (χ2v) is 6.76. The molecule has 1 N–H and O–H groups in total. The lowest BCUT2D eigenvalue weighted by Crippen LogP contribution is -2.30. The molecule has 0 saturated carbocycles. The second kappa shape index (κ2) is 6.46. The third-order valence-electron chi connectivity index (χ3n) is 3.34. The van der Waals surface area contributed by atoms with E-state index in [1.807, 2.05) is 25.6 Å². The molecule has 0 amide bonds. The van der Waals surface area contributed by atoms with Crippen molar-refractivity contribution in [3.05, 3.63) is 42.1 Å². The van der Waals surface area contributed by atoms with E-state index in [0.29, 0.717) is 23.7 Å². The van der Waals surface area contributed by atoms with Crippen molar-refractivity contribution >= 4 is 10.0 Å². The first-order valence-corrected chi connectivity index (χ1v) is 8.25. The maximum atomic E-state index is 12.7. The van der Waals surface area contributed by atoms with Crippen LogP contribution in [0.25, 0.3) is 0 Å². The lowest BCUT2D eigenvalue weighted by Gasteiger charge is -2.18. The van der Waals surface area contributed by atoms with Crippen molar-refractivity contribution in [2.75, 3.05) is 13.6 Å². The molecular weight excluding hydrogens is 290 g/mol. The van der Waals surface area contributed by atoms with Crippen molar-refractivity contribution in [2.45, 2.75) is 24.9 Å². The van der Waals surface area contributed by atoms with Gasteiger partial charge in [-0.3, -0.25) is 0 Å². The molecule has 116 valence electrons. The van der Waals surface area contributed by atoms with Gasteiger partial charge >= 0.3 is 0 Å². The number of hydrogen-bond donors (Lipinski definition) is 1. The standard InChI is InChI=1S/C14H21N3O3S/c1-4-17(10-13-6-5-7-20-13)21(18,19)14-8-12(9-15-2)16(3)11-14/h5-8,11,15H,4,9-10H2,1-3H3. The van der Waals surface area contributed by atoms with E-state index in [0.717, 1.165) is 5.69 Å². The van der Waals surface area contributed by atoms with Crippen LogP contribution in [0, 0.1) is 0 Å². The van der Waals surface area contributed by atoms with E-state index in [9.17, 15) is 8.42 Å². The molecule has 0 aliphatic heterocycles. The number of hydrogen-bond acceptors (Lipinski definition) is 4. The first-order valence-electron chi connectivity index (χ1n) is 6.81.